The molecule has 182 valence electrons. The van der Waals surface area contributed by atoms with Crippen LogP contribution in [0.15, 0.2) is 60.7 Å². The number of benzene rings is 2. The Kier molecular flexibility index (Phi) is 7.92. The van der Waals surface area contributed by atoms with Crippen molar-refractivity contribution in [3.8, 4) is 11.8 Å². The lowest BCUT2D eigenvalue weighted by Gasteiger charge is -2.24. The third-order valence-corrected chi connectivity index (χ3v) is 5.22. The minimum atomic E-state index is -0.384. The van der Waals surface area contributed by atoms with Gasteiger partial charge in [0.15, 0.2) is 0 Å². The number of nitrogens with zero attached hydrogens (tertiary/aromatic N) is 4. The van der Waals surface area contributed by atoms with E-state index in [9.17, 15) is 9.59 Å². The number of carbonyl (C=O) groups is 2. The zero-order chi connectivity index (χ0) is 25.6. The third kappa shape index (κ3) is 6.93. The number of hydrogen-bond acceptors (Lipinski definition) is 4. The van der Waals surface area contributed by atoms with Crippen LogP contribution in [-0.2, 0) is 10.2 Å². The zero-order valence-corrected chi connectivity index (χ0v) is 20.9. The fourth-order valence-corrected chi connectivity index (χ4v) is 3.45. The Bertz CT molecular complexity index is 1200. The highest BCUT2D eigenvalue weighted by atomic mass is 16.2. The number of hydrogen-bond donors (Lipinski definition) is 2. The van der Waals surface area contributed by atoms with Crippen LogP contribution in [0.4, 0.5) is 16.3 Å². The maximum Gasteiger partial charge on any atom is 0.322 e. The summed E-state index contributed by atoms with van der Waals surface area (Å²) in [4.78, 5) is 27.5. The molecule has 35 heavy (non-hydrogen) atoms. The molecule has 8 heteroatoms. The van der Waals surface area contributed by atoms with Gasteiger partial charge in [-0.25, -0.2) is 9.48 Å². The van der Waals surface area contributed by atoms with E-state index in [1.54, 1.807) is 28.9 Å². The van der Waals surface area contributed by atoms with E-state index in [1.165, 1.54) is 4.90 Å². The molecule has 2 N–H and O–H groups in total. The molecule has 3 aromatic rings. The number of urea groups is 1. The van der Waals surface area contributed by atoms with E-state index in [0.717, 1.165) is 11.4 Å². The number of rotatable bonds is 7. The molecule has 3 rings (SSSR count). The highest BCUT2D eigenvalue weighted by Crippen LogP contribution is 2.26. The summed E-state index contributed by atoms with van der Waals surface area (Å²) in [5.41, 5.74) is 2.53. The van der Waals surface area contributed by atoms with E-state index in [1.807, 2.05) is 56.3 Å². The molecule has 3 amide bonds. The Morgan fingerprint density at radius 1 is 1.06 bits per heavy atom. The summed E-state index contributed by atoms with van der Waals surface area (Å²) >= 11 is 0. The molecule has 0 unspecified atom stereocenters. The van der Waals surface area contributed by atoms with Gasteiger partial charge in [0.1, 0.15) is 12.4 Å². The van der Waals surface area contributed by atoms with Gasteiger partial charge >= 0.3 is 6.03 Å². The average Bonchev–Trinajstić information content (AvgIpc) is 3.23. The number of para-hydroxylation sites is 1. The van der Waals surface area contributed by atoms with Gasteiger partial charge in [0.25, 0.3) is 0 Å². The second kappa shape index (κ2) is 10.9. The zero-order valence-electron chi connectivity index (χ0n) is 20.9. The molecule has 8 nitrogen and oxygen atoms in total. The molecule has 1 aromatic heterocycles. The highest BCUT2D eigenvalue weighted by Gasteiger charge is 2.23. The number of amides is 3. The Labute approximate surface area is 206 Å². The minimum absolute atomic E-state index is 0.120. The van der Waals surface area contributed by atoms with Crippen molar-refractivity contribution < 1.29 is 9.59 Å². The van der Waals surface area contributed by atoms with Gasteiger partial charge in [-0.2, -0.15) is 10.4 Å². The molecule has 0 atom stereocenters. The van der Waals surface area contributed by atoms with Crippen molar-refractivity contribution >= 4 is 23.4 Å². The van der Waals surface area contributed by atoms with Crippen LogP contribution in [0.5, 0.6) is 0 Å². The van der Waals surface area contributed by atoms with Gasteiger partial charge in [0.05, 0.1) is 23.0 Å². The summed E-state index contributed by atoms with van der Waals surface area (Å²) in [5.74, 6) is 0.387. The van der Waals surface area contributed by atoms with Crippen LogP contribution in [-0.4, -0.2) is 39.7 Å². The van der Waals surface area contributed by atoms with E-state index in [0.29, 0.717) is 23.6 Å². The second-order valence-electron chi connectivity index (χ2n) is 9.85. The van der Waals surface area contributed by atoms with Gasteiger partial charge in [-0.3, -0.25) is 4.79 Å². The first-order valence-electron chi connectivity index (χ1n) is 11.6. The van der Waals surface area contributed by atoms with Crippen molar-refractivity contribution in [2.75, 3.05) is 23.7 Å². The lowest BCUT2D eigenvalue weighted by molar-refractivity contribution is -0.116. The molecule has 2 aromatic carbocycles. The summed E-state index contributed by atoms with van der Waals surface area (Å²) in [6, 6.07) is 19.7. The number of aromatic nitrogens is 2. The molecule has 0 radical (unpaired) electrons. The SMILES string of the molecule is CC(C)CN(CC(=O)Nc1cc(C(C)(C)C)nn1-c1ccccc1)C(=O)Nc1ccc(C#N)cc1. The fourth-order valence-electron chi connectivity index (χ4n) is 3.45. The molecule has 0 spiro atoms. The van der Waals surface area contributed by atoms with Crippen LogP contribution >= 0.6 is 0 Å². The van der Waals surface area contributed by atoms with Crippen molar-refractivity contribution in [2.45, 2.75) is 40.0 Å². The summed E-state index contributed by atoms with van der Waals surface area (Å²) in [5, 5.41) is 19.4. The molecule has 0 fully saturated rings. The maximum atomic E-state index is 13.1. The minimum Gasteiger partial charge on any atom is -0.315 e. The number of nitriles is 1. The van der Waals surface area contributed by atoms with E-state index >= 15 is 0 Å². The lowest BCUT2D eigenvalue weighted by atomic mass is 9.92. The van der Waals surface area contributed by atoms with Gasteiger partial charge in [0, 0.05) is 23.7 Å². The van der Waals surface area contributed by atoms with Crippen molar-refractivity contribution in [2.24, 2.45) is 5.92 Å². The fraction of sp³-hybridized carbons (Fsp3) is 0.333. The largest absolute Gasteiger partial charge is 0.322 e. The third-order valence-electron chi connectivity index (χ3n) is 5.22. The standard InChI is InChI=1S/C27H32N6O2/c1-19(2)17-32(26(35)29-21-13-11-20(16-28)12-14-21)18-25(34)30-24-15-23(27(3,4)5)31-33(24)22-9-7-6-8-10-22/h6-15,19H,17-18H2,1-5H3,(H,29,35)(H,30,34). The first-order valence-corrected chi connectivity index (χ1v) is 11.6. The Morgan fingerprint density at radius 3 is 2.29 bits per heavy atom. The molecule has 0 bridgehead atoms. The molecule has 0 aliphatic rings. The lowest BCUT2D eigenvalue weighted by Crippen LogP contribution is -2.42. The van der Waals surface area contributed by atoms with Crippen LogP contribution in [0.1, 0.15) is 45.9 Å². The Morgan fingerprint density at radius 2 is 1.71 bits per heavy atom. The molecule has 0 aliphatic heterocycles. The maximum absolute atomic E-state index is 13.1. The van der Waals surface area contributed by atoms with Crippen molar-refractivity contribution in [3.63, 3.8) is 0 Å². The predicted octanol–water partition coefficient (Wildman–Crippen LogP) is 5.17. The van der Waals surface area contributed by atoms with Crippen molar-refractivity contribution in [3.05, 3.63) is 71.9 Å². The molecule has 1 heterocycles. The smallest absolute Gasteiger partial charge is 0.315 e. The Balaban J connectivity index is 1.78. The van der Waals surface area contributed by atoms with Crippen molar-refractivity contribution in [1.29, 1.82) is 5.26 Å². The molecular weight excluding hydrogens is 440 g/mol. The normalized spacial score (nSPS) is 11.1. The molecular formula is C27H32N6O2. The van der Waals surface area contributed by atoms with Crippen LogP contribution in [0, 0.1) is 17.2 Å². The quantitative estimate of drug-likeness (QED) is 0.495. The van der Waals surface area contributed by atoms with Gasteiger partial charge < -0.3 is 15.5 Å². The van der Waals surface area contributed by atoms with Crippen LogP contribution in [0.25, 0.3) is 5.69 Å². The average molecular weight is 473 g/mol. The number of nitrogens with one attached hydrogen (secondary N) is 2. The number of anilines is 2. The van der Waals surface area contributed by atoms with Crippen LogP contribution < -0.4 is 10.6 Å². The highest BCUT2D eigenvalue weighted by molar-refractivity contribution is 5.96. The predicted molar refractivity (Wildman–Crippen MR) is 137 cm³/mol. The van der Waals surface area contributed by atoms with Crippen molar-refractivity contribution in [1.82, 2.24) is 14.7 Å². The molecule has 0 saturated carbocycles. The van der Waals surface area contributed by atoms with E-state index in [-0.39, 0.29) is 29.8 Å². The molecule has 0 aliphatic carbocycles. The van der Waals surface area contributed by atoms with E-state index < -0.39 is 0 Å². The summed E-state index contributed by atoms with van der Waals surface area (Å²) < 4.78 is 1.71. The van der Waals surface area contributed by atoms with Crippen LogP contribution in [0.3, 0.4) is 0 Å². The summed E-state index contributed by atoms with van der Waals surface area (Å²) in [7, 11) is 0. The van der Waals surface area contributed by atoms with Gasteiger partial charge in [-0.05, 0) is 42.3 Å². The first kappa shape index (κ1) is 25.5. The first-order chi connectivity index (χ1) is 16.6. The summed E-state index contributed by atoms with van der Waals surface area (Å²) in [6.45, 7) is 10.4. The summed E-state index contributed by atoms with van der Waals surface area (Å²) in [6.07, 6.45) is 0. The number of carbonyl (C=O) groups excluding carboxylic acids is 2. The molecule has 0 saturated heterocycles. The van der Waals surface area contributed by atoms with Gasteiger partial charge in [0.2, 0.25) is 5.91 Å². The Hall–Kier alpha value is -4.12. The van der Waals surface area contributed by atoms with Crippen LogP contribution in [0.2, 0.25) is 0 Å². The van der Waals surface area contributed by atoms with Gasteiger partial charge in [-0.1, -0.05) is 52.8 Å². The monoisotopic (exact) mass is 472 g/mol. The van der Waals surface area contributed by atoms with E-state index in [2.05, 4.69) is 31.4 Å². The second-order valence-corrected chi connectivity index (χ2v) is 9.85. The van der Waals surface area contributed by atoms with E-state index in [4.69, 9.17) is 10.4 Å². The van der Waals surface area contributed by atoms with Gasteiger partial charge in [-0.15, -0.1) is 0 Å². The topological polar surface area (TPSA) is 103 Å².